The van der Waals surface area contributed by atoms with Crippen LogP contribution in [0.25, 0.3) is 0 Å². The Labute approximate surface area is 87.8 Å². The lowest BCUT2D eigenvalue weighted by atomic mass is 10.2. The van der Waals surface area contributed by atoms with E-state index >= 15 is 0 Å². The molecule has 3 N–H and O–H groups in total. The number of hydrazine groups is 1. The predicted molar refractivity (Wildman–Crippen MR) is 50.0 cm³/mol. The molecular formula is C8H7F3N2OS. The number of hydrogen-bond acceptors (Lipinski definition) is 3. The van der Waals surface area contributed by atoms with Crippen LogP contribution in [0.1, 0.15) is 10.4 Å². The zero-order valence-electron chi connectivity index (χ0n) is 7.34. The maximum absolute atomic E-state index is 11.9. The van der Waals surface area contributed by atoms with Crippen LogP contribution in [0, 0.1) is 0 Å². The highest BCUT2D eigenvalue weighted by molar-refractivity contribution is 8.00. The van der Waals surface area contributed by atoms with E-state index in [4.69, 9.17) is 5.84 Å². The minimum absolute atomic E-state index is 0.0241. The van der Waals surface area contributed by atoms with Crippen molar-refractivity contribution in [3.05, 3.63) is 29.8 Å². The van der Waals surface area contributed by atoms with Crippen molar-refractivity contribution in [1.29, 1.82) is 0 Å². The van der Waals surface area contributed by atoms with Crippen LogP contribution in [0.15, 0.2) is 29.2 Å². The molecule has 1 aromatic carbocycles. The van der Waals surface area contributed by atoms with Crippen LogP contribution in [0.3, 0.4) is 0 Å². The first kappa shape index (κ1) is 11.9. The van der Waals surface area contributed by atoms with E-state index in [1.165, 1.54) is 24.3 Å². The zero-order valence-corrected chi connectivity index (χ0v) is 8.15. The zero-order chi connectivity index (χ0) is 11.5. The fourth-order valence-corrected chi connectivity index (χ4v) is 1.43. The number of hydrogen-bond donors (Lipinski definition) is 2. The molecule has 0 aromatic heterocycles. The first-order valence-corrected chi connectivity index (χ1v) is 4.61. The molecular weight excluding hydrogens is 229 g/mol. The molecule has 0 saturated heterocycles. The normalized spacial score (nSPS) is 11.2. The molecule has 0 aliphatic heterocycles. The van der Waals surface area contributed by atoms with Crippen molar-refractivity contribution in [3.63, 3.8) is 0 Å². The van der Waals surface area contributed by atoms with E-state index in [1.807, 2.05) is 5.43 Å². The van der Waals surface area contributed by atoms with Gasteiger partial charge < -0.3 is 0 Å². The maximum Gasteiger partial charge on any atom is 0.446 e. The molecule has 0 aliphatic carbocycles. The molecule has 0 bridgehead atoms. The lowest BCUT2D eigenvalue weighted by Gasteiger charge is -2.05. The number of nitrogens with one attached hydrogen (secondary N) is 1. The third-order valence-electron chi connectivity index (χ3n) is 1.48. The van der Waals surface area contributed by atoms with Crippen LogP contribution in [0.5, 0.6) is 0 Å². The Kier molecular flexibility index (Phi) is 3.59. The second-order valence-electron chi connectivity index (χ2n) is 2.55. The molecule has 7 heteroatoms. The van der Waals surface area contributed by atoms with Crippen LogP contribution < -0.4 is 11.3 Å². The summed E-state index contributed by atoms with van der Waals surface area (Å²) in [5, 5.41) is 0. The van der Waals surface area contributed by atoms with Gasteiger partial charge in [0.2, 0.25) is 0 Å². The molecule has 1 aromatic rings. The number of carbonyl (C=O) groups excluding carboxylic acids is 1. The van der Waals surface area contributed by atoms with Gasteiger partial charge in [-0.25, -0.2) is 5.84 Å². The molecule has 1 rings (SSSR count). The van der Waals surface area contributed by atoms with Crippen molar-refractivity contribution in [2.24, 2.45) is 5.84 Å². The Hall–Kier alpha value is -1.21. The van der Waals surface area contributed by atoms with Crippen molar-refractivity contribution in [1.82, 2.24) is 5.43 Å². The minimum Gasteiger partial charge on any atom is -0.290 e. The third-order valence-corrected chi connectivity index (χ3v) is 2.22. The highest BCUT2D eigenvalue weighted by Crippen LogP contribution is 2.36. The lowest BCUT2D eigenvalue weighted by Crippen LogP contribution is -2.29. The molecule has 0 heterocycles. The van der Waals surface area contributed by atoms with E-state index in [0.29, 0.717) is 0 Å². The van der Waals surface area contributed by atoms with Crippen molar-refractivity contribution < 1.29 is 18.0 Å². The number of halogens is 3. The summed E-state index contributed by atoms with van der Waals surface area (Å²) < 4.78 is 35.8. The van der Waals surface area contributed by atoms with Gasteiger partial charge in [0.25, 0.3) is 5.91 Å². The molecule has 0 fully saturated rings. The number of benzene rings is 1. The van der Waals surface area contributed by atoms with Gasteiger partial charge in [0.05, 0.1) is 0 Å². The second kappa shape index (κ2) is 4.54. The van der Waals surface area contributed by atoms with Crippen LogP contribution in [0.4, 0.5) is 13.2 Å². The summed E-state index contributed by atoms with van der Waals surface area (Å²) in [6.07, 6.45) is 0. The standard InChI is InChI=1S/C8H7F3N2OS/c9-8(10,11)15-6-3-1-5(2-4-6)7(14)13-12/h1-4H,12H2,(H,13,14). The smallest absolute Gasteiger partial charge is 0.290 e. The third kappa shape index (κ3) is 3.80. The number of carbonyl (C=O) groups is 1. The number of nitrogen functional groups attached to an aromatic ring is 1. The summed E-state index contributed by atoms with van der Waals surface area (Å²) in [5.41, 5.74) is -2.23. The summed E-state index contributed by atoms with van der Waals surface area (Å²) >= 11 is -0.234. The summed E-state index contributed by atoms with van der Waals surface area (Å²) in [7, 11) is 0. The Morgan fingerprint density at radius 2 is 1.80 bits per heavy atom. The Balaban J connectivity index is 2.77. The summed E-state index contributed by atoms with van der Waals surface area (Å²) in [6, 6.07) is 4.97. The Bertz CT molecular complexity index is 350. The fourth-order valence-electron chi connectivity index (χ4n) is 0.891. The highest BCUT2D eigenvalue weighted by Gasteiger charge is 2.29. The molecule has 3 nitrogen and oxygen atoms in total. The van der Waals surface area contributed by atoms with Gasteiger partial charge >= 0.3 is 5.51 Å². The van der Waals surface area contributed by atoms with Crippen LogP contribution in [0.2, 0.25) is 0 Å². The molecule has 15 heavy (non-hydrogen) atoms. The van der Waals surface area contributed by atoms with Crippen molar-refractivity contribution in [2.75, 3.05) is 0 Å². The monoisotopic (exact) mass is 236 g/mol. The first-order valence-electron chi connectivity index (χ1n) is 3.79. The van der Waals surface area contributed by atoms with E-state index in [0.717, 1.165) is 0 Å². The van der Waals surface area contributed by atoms with Crippen LogP contribution in [-0.4, -0.2) is 11.4 Å². The molecule has 0 aliphatic rings. The van der Waals surface area contributed by atoms with E-state index in [2.05, 4.69) is 0 Å². The van der Waals surface area contributed by atoms with Crippen molar-refractivity contribution in [2.45, 2.75) is 10.4 Å². The van der Waals surface area contributed by atoms with Gasteiger partial charge in [0.1, 0.15) is 0 Å². The SMILES string of the molecule is NNC(=O)c1ccc(SC(F)(F)F)cc1. The van der Waals surface area contributed by atoms with Crippen molar-refractivity contribution in [3.8, 4) is 0 Å². The number of alkyl halides is 3. The number of amides is 1. The molecule has 1 amide bonds. The number of rotatable bonds is 2. The van der Waals surface area contributed by atoms with Crippen LogP contribution in [-0.2, 0) is 0 Å². The average Bonchev–Trinajstić information content (AvgIpc) is 2.15. The Morgan fingerprint density at radius 1 is 1.27 bits per heavy atom. The van der Waals surface area contributed by atoms with Crippen LogP contribution >= 0.6 is 11.8 Å². The lowest BCUT2D eigenvalue weighted by molar-refractivity contribution is -0.0328. The van der Waals surface area contributed by atoms with Crippen molar-refractivity contribution >= 4 is 17.7 Å². The van der Waals surface area contributed by atoms with E-state index in [1.54, 1.807) is 0 Å². The molecule has 0 radical (unpaired) electrons. The summed E-state index contributed by atoms with van der Waals surface area (Å²) in [6.45, 7) is 0. The molecule has 0 atom stereocenters. The van der Waals surface area contributed by atoms with Gasteiger partial charge in [-0.15, -0.1) is 0 Å². The van der Waals surface area contributed by atoms with E-state index < -0.39 is 11.4 Å². The van der Waals surface area contributed by atoms with Gasteiger partial charge in [0, 0.05) is 10.5 Å². The average molecular weight is 236 g/mol. The number of thioether (sulfide) groups is 1. The fraction of sp³-hybridized carbons (Fsp3) is 0.125. The molecule has 0 saturated carbocycles. The molecule has 82 valence electrons. The van der Waals surface area contributed by atoms with Gasteiger partial charge in [0.15, 0.2) is 0 Å². The molecule has 0 unspecified atom stereocenters. The van der Waals surface area contributed by atoms with Gasteiger partial charge in [-0.3, -0.25) is 10.2 Å². The number of nitrogens with two attached hydrogens (primary N) is 1. The quantitative estimate of drug-likeness (QED) is 0.357. The first-order chi connectivity index (χ1) is 6.92. The van der Waals surface area contributed by atoms with E-state index in [9.17, 15) is 18.0 Å². The highest BCUT2D eigenvalue weighted by atomic mass is 32.2. The summed E-state index contributed by atoms with van der Waals surface area (Å²) in [4.78, 5) is 11.0. The largest absolute Gasteiger partial charge is 0.446 e. The second-order valence-corrected chi connectivity index (χ2v) is 3.68. The summed E-state index contributed by atoms with van der Waals surface area (Å²) in [5.74, 6) is 4.32. The Morgan fingerprint density at radius 3 is 2.20 bits per heavy atom. The predicted octanol–water partition coefficient (Wildman–Crippen LogP) is 1.90. The van der Waals surface area contributed by atoms with Gasteiger partial charge in [-0.2, -0.15) is 13.2 Å². The maximum atomic E-state index is 11.9. The topological polar surface area (TPSA) is 55.1 Å². The van der Waals surface area contributed by atoms with Gasteiger partial charge in [-0.05, 0) is 36.0 Å². The van der Waals surface area contributed by atoms with E-state index in [-0.39, 0.29) is 22.2 Å². The minimum atomic E-state index is -4.32. The molecule has 0 spiro atoms. The van der Waals surface area contributed by atoms with Gasteiger partial charge in [-0.1, -0.05) is 0 Å².